The molecule has 0 bridgehead atoms. The summed E-state index contributed by atoms with van der Waals surface area (Å²) in [5, 5.41) is 0.671. The number of fused-ring (bicyclic) bond motifs is 1. The molecule has 0 saturated carbocycles. The van der Waals surface area contributed by atoms with Crippen molar-refractivity contribution in [1.29, 1.82) is 0 Å². The van der Waals surface area contributed by atoms with E-state index in [2.05, 4.69) is 19.8 Å². The number of aromatic nitrogens is 4. The van der Waals surface area contributed by atoms with E-state index in [0.29, 0.717) is 35.8 Å². The smallest absolute Gasteiger partial charge is 0.237 e. The lowest BCUT2D eigenvalue weighted by molar-refractivity contribution is 0.256. The van der Waals surface area contributed by atoms with Crippen LogP contribution in [-0.4, -0.2) is 69.8 Å². The largest absolute Gasteiger partial charge is 0.490 e. The van der Waals surface area contributed by atoms with Crippen LogP contribution < -0.4 is 15.4 Å². The lowest BCUT2D eigenvalue weighted by Gasteiger charge is -2.32. The molecule has 8 nitrogen and oxygen atoms in total. The molecule has 32 heavy (non-hydrogen) atoms. The highest BCUT2D eigenvalue weighted by atomic mass is 19.1. The molecule has 0 spiro atoms. The van der Waals surface area contributed by atoms with Crippen LogP contribution in [0.15, 0.2) is 30.9 Å². The number of halogens is 1. The van der Waals surface area contributed by atoms with E-state index in [1.807, 2.05) is 0 Å². The third-order valence-corrected chi connectivity index (χ3v) is 6.29. The Morgan fingerprint density at radius 1 is 1.12 bits per heavy atom. The van der Waals surface area contributed by atoms with Crippen molar-refractivity contribution < 1.29 is 9.13 Å². The first kappa shape index (κ1) is 21.1. The van der Waals surface area contributed by atoms with Crippen LogP contribution in [0.3, 0.4) is 0 Å². The van der Waals surface area contributed by atoms with Crippen LogP contribution in [0.25, 0.3) is 16.9 Å². The number of hydrogen-bond donors (Lipinski definition) is 1. The molecule has 2 saturated heterocycles. The van der Waals surface area contributed by atoms with E-state index in [1.165, 1.54) is 18.9 Å². The minimum absolute atomic E-state index is 0.0773. The monoisotopic (exact) mass is 439 g/mol. The molecule has 4 heterocycles. The van der Waals surface area contributed by atoms with Gasteiger partial charge in [-0.25, -0.2) is 14.4 Å². The Hall–Kier alpha value is -2.78. The van der Waals surface area contributed by atoms with Gasteiger partial charge in [0, 0.05) is 49.5 Å². The maximum absolute atomic E-state index is 15.0. The number of imidazole rings is 1. The lowest BCUT2D eigenvalue weighted by atomic mass is 10.1. The molecule has 2 aliphatic rings. The number of hydrogen-bond acceptors (Lipinski definition) is 7. The van der Waals surface area contributed by atoms with E-state index in [4.69, 9.17) is 15.5 Å². The van der Waals surface area contributed by atoms with E-state index in [1.54, 1.807) is 29.4 Å². The molecule has 5 rings (SSSR count). The summed E-state index contributed by atoms with van der Waals surface area (Å²) in [7, 11) is 0. The predicted molar refractivity (Wildman–Crippen MR) is 122 cm³/mol. The summed E-state index contributed by atoms with van der Waals surface area (Å²) < 4.78 is 22.6. The minimum Gasteiger partial charge on any atom is -0.490 e. The Kier molecular flexibility index (Phi) is 6.18. The summed E-state index contributed by atoms with van der Waals surface area (Å²) >= 11 is 0. The van der Waals surface area contributed by atoms with E-state index in [9.17, 15) is 4.39 Å². The molecule has 0 aliphatic carbocycles. The zero-order valence-electron chi connectivity index (χ0n) is 18.3. The van der Waals surface area contributed by atoms with Crippen LogP contribution in [0.4, 0.5) is 10.2 Å². The van der Waals surface area contributed by atoms with Gasteiger partial charge in [0.2, 0.25) is 5.95 Å². The fourth-order valence-electron chi connectivity index (χ4n) is 4.63. The average molecular weight is 440 g/mol. The van der Waals surface area contributed by atoms with Gasteiger partial charge in [-0.05, 0) is 51.3 Å². The van der Waals surface area contributed by atoms with Gasteiger partial charge in [-0.3, -0.25) is 4.57 Å². The van der Waals surface area contributed by atoms with Crippen molar-refractivity contribution >= 4 is 16.7 Å². The third-order valence-electron chi connectivity index (χ3n) is 6.29. The van der Waals surface area contributed by atoms with Gasteiger partial charge in [-0.2, -0.15) is 4.98 Å². The number of nitrogens with two attached hydrogens (primary N) is 1. The maximum atomic E-state index is 15.0. The Bertz CT molecular complexity index is 1050. The number of rotatable bonds is 7. The summed E-state index contributed by atoms with van der Waals surface area (Å²) in [6, 6.07) is 3.27. The minimum atomic E-state index is -0.389. The molecule has 2 N–H and O–H groups in total. The summed E-state index contributed by atoms with van der Waals surface area (Å²) in [5.74, 6) is 1.04. The first-order valence-corrected chi connectivity index (χ1v) is 11.5. The summed E-state index contributed by atoms with van der Waals surface area (Å²) in [4.78, 5) is 18.1. The summed E-state index contributed by atoms with van der Waals surface area (Å²) in [6.45, 7) is 5.29. The molecule has 1 aromatic carbocycles. The van der Waals surface area contributed by atoms with Gasteiger partial charge in [0.1, 0.15) is 12.1 Å². The average Bonchev–Trinajstić information content (AvgIpc) is 3.51. The van der Waals surface area contributed by atoms with Crippen LogP contribution in [0.2, 0.25) is 0 Å². The zero-order valence-corrected chi connectivity index (χ0v) is 18.3. The Morgan fingerprint density at radius 3 is 2.78 bits per heavy atom. The number of ether oxygens (including phenoxy) is 1. The molecule has 0 radical (unpaired) electrons. The topological polar surface area (TPSA) is 85.3 Å². The van der Waals surface area contributed by atoms with E-state index in [-0.39, 0.29) is 17.6 Å². The Labute approximate surface area is 187 Å². The fourth-order valence-corrected chi connectivity index (χ4v) is 4.63. The van der Waals surface area contributed by atoms with Crippen molar-refractivity contribution in [2.75, 3.05) is 44.2 Å². The first-order valence-electron chi connectivity index (χ1n) is 11.5. The first-order chi connectivity index (χ1) is 15.7. The summed E-state index contributed by atoms with van der Waals surface area (Å²) in [5.41, 5.74) is 6.86. The molecule has 9 heteroatoms. The maximum Gasteiger partial charge on any atom is 0.237 e. The van der Waals surface area contributed by atoms with Crippen LogP contribution in [-0.2, 0) is 0 Å². The van der Waals surface area contributed by atoms with Crippen molar-refractivity contribution in [3.8, 4) is 11.7 Å². The summed E-state index contributed by atoms with van der Waals surface area (Å²) in [6.07, 6.45) is 10.5. The molecule has 2 fully saturated rings. The van der Waals surface area contributed by atoms with Crippen molar-refractivity contribution in [2.24, 2.45) is 5.73 Å². The highest BCUT2D eigenvalue weighted by molar-refractivity contribution is 5.91. The van der Waals surface area contributed by atoms with E-state index < -0.39 is 0 Å². The van der Waals surface area contributed by atoms with Gasteiger partial charge in [0.15, 0.2) is 11.6 Å². The van der Waals surface area contributed by atoms with Crippen molar-refractivity contribution in [3.63, 3.8) is 0 Å². The predicted octanol–water partition coefficient (Wildman–Crippen LogP) is 2.75. The second-order valence-corrected chi connectivity index (χ2v) is 8.72. The number of piperidine rings is 1. The molecule has 2 aliphatic heterocycles. The van der Waals surface area contributed by atoms with Crippen LogP contribution >= 0.6 is 0 Å². The molecule has 170 valence electrons. The molecule has 3 aromatic rings. The van der Waals surface area contributed by atoms with E-state index >= 15 is 0 Å². The van der Waals surface area contributed by atoms with Crippen LogP contribution in [0.1, 0.15) is 32.1 Å². The Balaban J connectivity index is 1.43. The van der Waals surface area contributed by atoms with Gasteiger partial charge >= 0.3 is 0 Å². The van der Waals surface area contributed by atoms with Gasteiger partial charge in [-0.1, -0.05) is 0 Å². The Morgan fingerprint density at radius 2 is 2.00 bits per heavy atom. The van der Waals surface area contributed by atoms with Crippen molar-refractivity contribution in [3.05, 3.63) is 36.7 Å². The SMILES string of the molecule is NC1CCCN(c2nc(-n3ccnc3)nc3cc(OCCCN4CCCC4)c(F)cc23)C1. The lowest BCUT2D eigenvalue weighted by Crippen LogP contribution is -2.43. The standard InChI is InChI=1S/C23H30FN7O/c24-19-13-18-20(14-21(19)32-12-4-9-29-7-1-2-8-29)27-23(31-11-6-26-16-31)28-22(18)30-10-3-5-17(25)15-30/h6,11,13-14,16-17H,1-5,7-10,12,15,25H2. The zero-order chi connectivity index (χ0) is 21.9. The molecule has 0 amide bonds. The number of benzene rings is 1. The second kappa shape index (κ2) is 9.38. The quantitative estimate of drug-likeness (QED) is 0.567. The molecular formula is C23H30FN7O. The molecule has 1 unspecified atom stereocenters. The number of likely N-dealkylation sites (tertiary alicyclic amines) is 1. The van der Waals surface area contributed by atoms with Crippen molar-refractivity contribution in [1.82, 2.24) is 24.4 Å². The van der Waals surface area contributed by atoms with Crippen molar-refractivity contribution in [2.45, 2.75) is 38.1 Å². The fraction of sp³-hybridized carbons (Fsp3) is 0.522. The highest BCUT2D eigenvalue weighted by Crippen LogP contribution is 2.32. The van der Waals surface area contributed by atoms with Crippen LogP contribution in [0.5, 0.6) is 5.75 Å². The second-order valence-electron chi connectivity index (χ2n) is 8.72. The third kappa shape index (κ3) is 4.54. The number of anilines is 1. The van der Waals surface area contributed by atoms with Crippen LogP contribution in [0, 0.1) is 5.82 Å². The molecule has 1 atom stereocenters. The van der Waals surface area contributed by atoms with Gasteiger partial charge < -0.3 is 20.3 Å². The van der Waals surface area contributed by atoms with E-state index in [0.717, 1.165) is 45.4 Å². The molecule has 2 aromatic heterocycles. The normalized spacial score (nSPS) is 19.7. The highest BCUT2D eigenvalue weighted by Gasteiger charge is 2.23. The van der Waals surface area contributed by atoms with Gasteiger partial charge in [0.25, 0.3) is 0 Å². The van der Waals surface area contributed by atoms with Gasteiger partial charge in [-0.15, -0.1) is 0 Å². The number of nitrogens with zero attached hydrogens (tertiary/aromatic N) is 6. The molecular weight excluding hydrogens is 409 g/mol. The van der Waals surface area contributed by atoms with Gasteiger partial charge in [0.05, 0.1) is 12.1 Å².